The second-order valence-corrected chi connectivity index (χ2v) is 4.12. The standard InChI is InChI=1S/C12H12ClN/c13-12(14)9-5-4-8-11(12)10-6-2-1-3-7-10/h1-8H,9,14H2. The average molecular weight is 206 g/mol. The number of hydrogen-bond acceptors (Lipinski definition) is 1. The van der Waals surface area contributed by atoms with Crippen LogP contribution in [0.3, 0.4) is 0 Å². The number of halogens is 1. The highest BCUT2D eigenvalue weighted by Crippen LogP contribution is 2.34. The lowest BCUT2D eigenvalue weighted by Crippen LogP contribution is -2.34. The molecule has 2 rings (SSSR count). The molecule has 2 N–H and O–H groups in total. The minimum absolute atomic E-state index is 0.676. The van der Waals surface area contributed by atoms with Crippen molar-refractivity contribution in [1.29, 1.82) is 0 Å². The van der Waals surface area contributed by atoms with Gasteiger partial charge in [0.15, 0.2) is 0 Å². The first-order valence-corrected chi connectivity index (χ1v) is 4.98. The van der Waals surface area contributed by atoms with Crippen molar-refractivity contribution in [1.82, 2.24) is 0 Å². The molecule has 2 heteroatoms. The van der Waals surface area contributed by atoms with Crippen LogP contribution >= 0.6 is 11.6 Å². The van der Waals surface area contributed by atoms with E-state index in [1.165, 1.54) is 0 Å². The first-order chi connectivity index (χ1) is 6.70. The van der Waals surface area contributed by atoms with Crippen LogP contribution in [-0.4, -0.2) is 5.00 Å². The number of alkyl halides is 1. The monoisotopic (exact) mass is 205 g/mol. The van der Waals surface area contributed by atoms with Gasteiger partial charge in [0.1, 0.15) is 5.00 Å². The van der Waals surface area contributed by atoms with E-state index >= 15 is 0 Å². The van der Waals surface area contributed by atoms with Crippen LogP contribution in [0.25, 0.3) is 5.57 Å². The molecular weight excluding hydrogens is 194 g/mol. The molecule has 0 heterocycles. The molecule has 0 spiro atoms. The fourth-order valence-corrected chi connectivity index (χ4v) is 1.87. The lowest BCUT2D eigenvalue weighted by molar-refractivity contribution is 0.763. The third-order valence-corrected chi connectivity index (χ3v) is 2.70. The number of benzene rings is 1. The normalized spacial score (nSPS) is 26.0. The van der Waals surface area contributed by atoms with Gasteiger partial charge in [0, 0.05) is 6.42 Å². The minimum atomic E-state index is -0.754. The number of allylic oxidation sites excluding steroid dienone is 2. The van der Waals surface area contributed by atoms with Crippen molar-refractivity contribution in [3.63, 3.8) is 0 Å². The van der Waals surface area contributed by atoms with Crippen LogP contribution in [0.2, 0.25) is 0 Å². The Kier molecular flexibility index (Phi) is 2.44. The predicted octanol–water partition coefficient (Wildman–Crippen LogP) is 2.92. The van der Waals surface area contributed by atoms with Gasteiger partial charge in [-0.15, -0.1) is 0 Å². The molecule has 0 aromatic heterocycles. The zero-order chi connectivity index (χ0) is 10.0. The summed E-state index contributed by atoms with van der Waals surface area (Å²) >= 11 is 6.23. The lowest BCUT2D eigenvalue weighted by Gasteiger charge is -2.26. The Balaban J connectivity index is 2.43. The molecule has 1 aliphatic carbocycles. The van der Waals surface area contributed by atoms with Gasteiger partial charge in [0.2, 0.25) is 0 Å². The molecule has 0 fully saturated rings. The van der Waals surface area contributed by atoms with Crippen molar-refractivity contribution in [3.05, 3.63) is 54.1 Å². The van der Waals surface area contributed by atoms with Gasteiger partial charge in [-0.05, 0) is 11.1 Å². The summed E-state index contributed by atoms with van der Waals surface area (Å²) in [4.78, 5) is -0.754. The topological polar surface area (TPSA) is 26.0 Å². The summed E-state index contributed by atoms with van der Waals surface area (Å²) in [5, 5.41) is 0. The maximum Gasteiger partial charge on any atom is 0.121 e. The van der Waals surface area contributed by atoms with Gasteiger partial charge < -0.3 is 5.73 Å². The fourth-order valence-electron chi connectivity index (χ4n) is 1.61. The highest BCUT2D eigenvalue weighted by atomic mass is 35.5. The van der Waals surface area contributed by atoms with Gasteiger partial charge in [0.05, 0.1) is 0 Å². The van der Waals surface area contributed by atoms with E-state index in [4.69, 9.17) is 17.3 Å². The van der Waals surface area contributed by atoms with Crippen molar-refractivity contribution in [3.8, 4) is 0 Å². The molecule has 0 amide bonds. The third kappa shape index (κ3) is 1.74. The van der Waals surface area contributed by atoms with Gasteiger partial charge >= 0.3 is 0 Å². The predicted molar refractivity (Wildman–Crippen MR) is 60.9 cm³/mol. The molecule has 1 nitrogen and oxygen atoms in total. The molecule has 1 aromatic rings. The van der Waals surface area contributed by atoms with Crippen molar-refractivity contribution in [2.24, 2.45) is 5.73 Å². The Hall–Kier alpha value is -1.05. The van der Waals surface area contributed by atoms with Crippen LogP contribution in [0.1, 0.15) is 12.0 Å². The molecule has 1 aliphatic rings. The molecule has 0 aliphatic heterocycles. The van der Waals surface area contributed by atoms with Crippen LogP contribution in [0, 0.1) is 0 Å². The van der Waals surface area contributed by atoms with E-state index in [0.29, 0.717) is 6.42 Å². The quantitative estimate of drug-likeness (QED) is 0.554. The van der Waals surface area contributed by atoms with Crippen molar-refractivity contribution >= 4 is 17.2 Å². The molecular formula is C12H12ClN. The summed E-state index contributed by atoms with van der Waals surface area (Å²) in [6, 6.07) is 10.0. The molecule has 0 radical (unpaired) electrons. The Morgan fingerprint density at radius 1 is 1.21 bits per heavy atom. The number of rotatable bonds is 1. The van der Waals surface area contributed by atoms with Crippen LogP contribution in [0.15, 0.2) is 48.6 Å². The average Bonchev–Trinajstić information content (AvgIpc) is 2.18. The molecule has 1 aromatic carbocycles. The van der Waals surface area contributed by atoms with Gasteiger partial charge in [-0.2, -0.15) is 0 Å². The van der Waals surface area contributed by atoms with Crippen molar-refractivity contribution in [2.45, 2.75) is 11.4 Å². The Labute approximate surface area is 88.9 Å². The second kappa shape index (κ2) is 3.60. The van der Waals surface area contributed by atoms with Crippen LogP contribution < -0.4 is 5.73 Å². The molecule has 1 atom stereocenters. The Morgan fingerprint density at radius 2 is 1.93 bits per heavy atom. The SMILES string of the molecule is NC1(Cl)CC=CC=C1c1ccccc1. The van der Waals surface area contributed by atoms with Gasteiger partial charge in [-0.25, -0.2) is 0 Å². The highest BCUT2D eigenvalue weighted by Gasteiger charge is 2.27. The number of hydrogen-bond donors (Lipinski definition) is 1. The molecule has 1 unspecified atom stereocenters. The van der Waals surface area contributed by atoms with Gasteiger partial charge in [-0.1, -0.05) is 60.2 Å². The Bertz CT molecular complexity index is 377. The Morgan fingerprint density at radius 3 is 2.57 bits per heavy atom. The van der Waals surface area contributed by atoms with Gasteiger partial charge in [-0.3, -0.25) is 0 Å². The van der Waals surface area contributed by atoms with E-state index in [1.807, 2.05) is 48.6 Å². The summed E-state index contributed by atoms with van der Waals surface area (Å²) in [5.74, 6) is 0. The van der Waals surface area contributed by atoms with E-state index in [2.05, 4.69) is 0 Å². The zero-order valence-electron chi connectivity index (χ0n) is 7.78. The van der Waals surface area contributed by atoms with E-state index in [1.54, 1.807) is 0 Å². The highest BCUT2D eigenvalue weighted by molar-refractivity contribution is 6.30. The van der Waals surface area contributed by atoms with E-state index in [-0.39, 0.29) is 0 Å². The molecule has 0 saturated heterocycles. The van der Waals surface area contributed by atoms with Crippen molar-refractivity contribution < 1.29 is 0 Å². The summed E-state index contributed by atoms with van der Waals surface area (Å²) in [7, 11) is 0. The first-order valence-electron chi connectivity index (χ1n) is 4.61. The van der Waals surface area contributed by atoms with E-state index < -0.39 is 5.00 Å². The smallest absolute Gasteiger partial charge is 0.121 e. The van der Waals surface area contributed by atoms with E-state index in [0.717, 1.165) is 11.1 Å². The maximum atomic E-state index is 6.23. The van der Waals surface area contributed by atoms with Crippen LogP contribution in [0.5, 0.6) is 0 Å². The van der Waals surface area contributed by atoms with Crippen LogP contribution in [0.4, 0.5) is 0 Å². The lowest BCUT2D eigenvalue weighted by atomic mass is 9.93. The maximum absolute atomic E-state index is 6.23. The summed E-state index contributed by atoms with van der Waals surface area (Å²) in [5.41, 5.74) is 8.08. The second-order valence-electron chi connectivity index (χ2n) is 3.44. The van der Waals surface area contributed by atoms with E-state index in [9.17, 15) is 0 Å². The molecule has 72 valence electrons. The van der Waals surface area contributed by atoms with Crippen molar-refractivity contribution in [2.75, 3.05) is 0 Å². The molecule has 14 heavy (non-hydrogen) atoms. The number of nitrogens with two attached hydrogens (primary N) is 1. The van der Waals surface area contributed by atoms with Crippen LogP contribution in [-0.2, 0) is 0 Å². The minimum Gasteiger partial charge on any atom is -0.309 e. The molecule has 0 saturated carbocycles. The van der Waals surface area contributed by atoms with Gasteiger partial charge in [0.25, 0.3) is 0 Å². The summed E-state index contributed by atoms with van der Waals surface area (Å²) in [6.45, 7) is 0. The largest absolute Gasteiger partial charge is 0.309 e. The first kappa shape index (κ1) is 9.50. The zero-order valence-corrected chi connectivity index (χ0v) is 8.54. The summed E-state index contributed by atoms with van der Waals surface area (Å²) < 4.78 is 0. The third-order valence-electron chi connectivity index (χ3n) is 2.35. The fraction of sp³-hybridized carbons (Fsp3) is 0.167. The summed E-state index contributed by atoms with van der Waals surface area (Å²) in [6.07, 6.45) is 6.64. The molecule has 0 bridgehead atoms.